The van der Waals surface area contributed by atoms with Gasteiger partial charge in [0.05, 0.1) is 9.35 Å². The molecule has 1 aliphatic carbocycles. The van der Waals surface area contributed by atoms with Crippen LogP contribution in [0.2, 0.25) is 0 Å². The normalized spacial score (nSPS) is 21.6. The van der Waals surface area contributed by atoms with Gasteiger partial charge in [0.1, 0.15) is 6.17 Å². The van der Waals surface area contributed by atoms with Crippen LogP contribution in [0.4, 0.5) is 5.69 Å². The number of benzene rings is 1. The molecule has 4 rings (SSSR count). The number of amides is 1. The Kier molecular flexibility index (Phi) is 2.86. The Morgan fingerprint density at radius 3 is 2.70 bits per heavy atom. The Hall–Kier alpha value is -1.33. The van der Waals surface area contributed by atoms with Crippen molar-refractivity contribution in [2.24, 2.45) is 0 Å². The Balaban J connectivity index is 1.80. The molecule has 2 aromatic rings. The molecule has 5 heteroatoms. The van der Waals surface area contributed by atoms with Gasteiger partial charge in [-0.25, -0.2) is 0 Å². The standard InChI is InChI=1S/C15H13BrN2OS/c16-13-8-7-12(20-13)14-17-11-4-2-1-3-10(11)15(19)18(14)9-5-6-9/h1-4,7-9,14,17H,5-6H2/t14-/m0/s1. The number of fused-ring (bicyclic) bond motifs is 1. The molecule has 20 heavy (non-hydrogen) atoms. The van der Waals surface area contributed by atoms with Gasteiger partial charge in [-0.15, -0.1) is 11.3 Å². The molecule has 1 saturated carbocycles. The summed E-state index contributed by atoms with van der Waals surface area (Å²) in [5.74, 6) is 0.149. The molecular weight excluding hydrogens is 336 g/mol. The highest BCUT2D eigenvalue weighted by atomic mass is 79.9. The SMILES string of the molecule is O=C1c2ccccc2N[C@H](c2ccc(Br)s2)N1C1CC1. The highest BCUT2D eigenvalue weighted by molar-refractivity contribution is 9.11. The lowest BCUT2D eigenvalue weighted by Crippen LogP contribution is -2.43. The van der Waals surface area contributed by atoms with E-state index in [-0.39, 0.29) is 12.1 Å². The zero-order valence-electron chi connectivity index (χ0n) is 10.7. The van der Waals surface area contributed by atoms with Gasteiger partial charge in [0.25, 0.3) is 5.91 Å². The number of halogens is 1. The predicted molar refractivity (Wildman–Crippen MR) is 84.0 cm³/mol. The number of para-hydroxylation sites is 1. The largest absolute Gasteiger partial charge is 0.360 e. The van der Waals surface area contributed by atoms with Crippen LogP contribution in [0.25, 0.3) is 0 Å². The first kappa shape index (κ1) is 12.4. The van der Waals surface area contributed by atoms with Gasteiger partial charge < -0.3 is 10.2 Å². The average molecular weight is 349 g/mol. The summed E-state index contributed by atoms with van der Waals surface area (Å²) in [5, 5.41) is 3.52. The van der Waals surface area contributed by atoms with Crippen molar-refractivity contribution in [1.82, 2.24) is 4.90 Å². The van der Waals surface area contributed by atoms with Crippen molar-refractivity contribution in [3.8, 4) is 0 Å². The first-order valence-electron chi connectivity index (χ1n) is 6.67. The smallest absolute Gasteiger partial charge is 0.258 e. The van der Waals surface area contributed by atoms with Gasteiger partial charge in [0.15, 0.2) is 0 Å². The molecule has 1 aromatic carbocycles. The van der Waals surface area contributed by atoms with Crippen LogP contribution in [0.1, 0.15) is 34.2 Å². The van der Waals surface area contributed by atoms with Gasteiger partial charge in [-0.05, 0) is 53.0 Å². The second kappa shape index (κ2) is 4.60. The van der Waals surface area contributed by atoms with Gasteiger partial charge in [-0.2, -0.15) is 0 Å². The van der Waals surface area contributed by atoms with E-state index in [2.05, 4.69) is 27.3 Å². The van der Waals surface area contributed by atoms with E-state index in [0.29, 0.717) is 6.04 Å². The molecule has 1 amide bonds. The van der Waals surface area contributed by atoms with Crippen molar-refractivity contribution >= 4 is 38.9 Å². The fourth-order valence-electron chi connectivity index (χ4n) is 2.68. The Morgan fingerprint density at radius 1 is 1.20 bits per heavy atom. The van der Waals surface area contributed by atoms with Crippen LogP contribution in [-0.2, 0) is 0 Å². The zero-order valence-corrected chi connectivity index (χ0v) is 13.1. The number of anilines is 1. The van der Waals surface area contributed by atoms with Crippen molar-refractivity contribution in [3.63, 3.8) is 0 Å². The van der Waals surface area contributed by atoms with Crippen molar-refractivity contribution in [1.29, 1.82) is 0 Å². The molecule has 1 N–H and O–H groups in total. The van der Waals surface area contributed by atoms with Crippen molar-refractivity contribution in [2.75, 3.05) is 5.32 Å². The van der Waals surface area contributed by atoms with E-state index in [1.807, 2.05) is 35.2 Å². The first-order chi connectivity index (χ1) is 9.74. The third-order valence-electron chi connectivity index (χ3n) is 3.77. The molecule has 0 bridgehead atoms. The molecule has 102 valence electrons. The molecule has 2 heterocycles. The summed E-state index contributed by atoms with van der Waals surface area (Å²) in [4.78, 5) is 16.0. The first-order valence-corrected chi connectivity index (χ1v) is 8.28. The van der Waals surface area contributed by atoms with Crippen molar-refractivity contribution < 1.29 is 4.79 Å². The monoisotopic (exact) mass is 348 g/mol. The minimum absolute atomic E-state index is 0.0406. The maximum Gasteiger partial charge on any atom is 0.258 e. The number of carbonyl (C=O) groups is 1. The van der Waals surface area contributed by atoms with Gasteiger partial charge in [-0.3, -0.25) is 4.79 Å². The summed E-state index contributed by atoms with van der Waals surface area (Å²) in [6.07, 6.45) is 2.18. The van der Waals surface area contributed by atoms with E-state index in [1.54, 1.807) is 11.3 Å². The topological polar surface area (TPSA) is 32.3 Å². The maximum atomic E-state index is 12.8. The van der Waals surface area contributed by atoms with Crippen molar-refractivity contribution in [2.45, 2.75) is 25.0 Å². The van der Waals surface area contributed by atoms with Crippen LogP contribution in [0.3, 0.4) is 0 Å². The Labute approximate surface area is 129 Å². The Morgan fingerprint density at radius 2 is 2.00 bits per heavy atom. The fraction of sp³-hybridized carbons (Fsp3) is 0.267. The molecule has 1 aromatic heterocycles. The Bertz CT molecular complexity index is 680. The minimum atomic E-state index is -0.0406. The molecule has 1 atom stereocenters. The van der Waals surface area contributed by atoms with Crippen LogP contribution in [0.15, 0.2) is 40.2 Å². The minimum Gasteiger partial charge on any atom is -0.360 e. The van der Waals surface area contributed by atoms with E-state index in [9.17, 15) is 4.79 Å². The molecule has 1 fully saturated rings. The van der Waals surface area contributed by atoms with Crippen LogP contribution in [0.5, 0.6) is 0 Å². The number of hydrogen-bond donors (Lipinski definition) is 1. The second-order valence-corrected chi connectivity index (χ2v) is 7.67. The predicted octanol–water partition coefficient (Wildman–Crippen LogP) is 4.24. The number of rotatable bonds is 2. The van der Waals surface area contributed by atoms with Crippen molar-refractivity contribution in [3.05, 3.63) is 50.6 Å². The number of carbonyl (C=O) groups excluding carboxylic acids is 1. The average Bonchev–Trinajstić information content (AvgIpc) is 3.20. The summed E-state index contributed by atoms with van der Waals surface area (Å²) >= 11 is 5.19. The van der Waals surface area contributed by atoms with Crippen LogP contribution < -0.4 is 5.32 Å². The highest BCUT2D eigenvalue weighted by Crippen LogP contribution is 2.42. The molecular formula is C15H13BrN2OS. The quantitative estimate of drug-likeness (QED) is 0.880. The summed E-state index contributed by atoms with van der Waals surface area (Å²) in [5.41, 5.74) is 1.72. The van der Waals surface area contributed by atoms with Crippen LogP contribution in [-0.4, -0.2) is 16.8 Å². The van der Waals surface area contributed by atoms with Crippen LogP contribution >= 0.6 is 27.3 Å². The second-order valence-electron chi connectivity index (χ2n) is 5.18. The molecule has 3 nitrogen and oxygen atoms in total. The summed E-state index contributed by atoms with van der Waals surface area (Å²) in [6.45, 7) is 0. The van der Waals surface area contributed by atoms with Gasteiger partial charge >= 0.3 is 0 Å². The van der Waals surface area contributed by atoms with Gasteiger partial charge in [-0.1, -0.05) is 12.1 Å². The fourth-order valence-corrected chi connectivity index (χ4v) is 4.16. The molecule has 0 saturated heterocycles. The third-order valence-corrected chi connectivity index (χ3v) is 5.44. The lowest BCUT2D eigenvalue weighted by Gasteiger charge is -2.37. The summed E-state index contributed by atoms with van der Waals surface area (Å²) in [6, 6.07) is 12.3. The van der Waals surface area contributed by atoms with Gasteiger partial charge in [0.2, 0.25) is 0 Å². The summed E-state index contributed by atoms with van der Waals surface area (Å²) < 4.78 is 1.09. The number of nitrogens with zero attached hydrogens (tertiary/aromatic N) is 1. The van der Waals surface area contributed by atoms with Gasteiger partial charge in [0, 0.05) is 16.6 Å². The molecule has 0 unspecified atom stereocenters. The maximum absolute atomic E-state index is 12.8. The van der Waals surface area contributed by atoms with E-state index >= 15 is 0 Å². The molecule has 1 aliphatic heterocycles. The summed E-state index contributed by atoms with van der Waals surface area (Å²) in [7, 11) is 0. The molecule has 0 spiro atoms. The third kappa shape index (κ3) is 1.96. The number of nitrogens with one attached hydrogen (secondary N) is 1. The lowest BCUT2D eigenvalue weighted by molar-refractivity contribution is 0.0669. The van der Waals surface area contributed by atoms with E-state index in [0.717, 1.165) is 27.9 Å². The van der Waals surface area contributed by atoms with Crippen LogP contribution in [0, 0.1) is 0 Å². The van der Waals surface area contributed by atoms with E-state index in [4.69, 9.17) is 0 Å². The lowest BCUT2D eigenvalue weighted by atomic mass is 10.1. The highest BCUT2D eigenvalue weighted by Gasteiger charge is 2.42. The zero-order chi connectivity index (χ0) is 13.7. The van der Waals surface area contributed by atoms with E-state index < -0.39 is 0 Å². The molecule has 0 radical (unpaired) electrons. The molecule has 2 aliphatic rings. The number of hydrogen-bond acceptors (Lipinski definition) is 3. The van der Waals surface area contributed by atoms with E-state index in [1.165, 1.54) is 4.88 Å². The number of thiophene rings is 1.